The fourth-order valence-electron chi connectivity index (χ4n) is 2.81. The molecule has 1 fully saturated rings. The molecule has 0 amide bonds. The molecule has 1 aromatic carbocycles. The second-order valence-electron chi connectivity index (χ2n) is 5.94. The van der Waals surface area contributed by atoms with E-state index < -0.39 is 0 Å². The maximum Gasteiger partial charge on any atom is 0.119 e. The maximum absolute atomic E-state index is 9.25. The second kappa shape index (κ2) is 6.95. The lowest BCUT2D eigenvalue weighted by Crippen LogP contribution is -2.33. The van der Waals surface area contributed by atoms with Gasteiger partial charge < -0.3 is 20.5 Å². The van der Waals surface area contributed by atoms with Gasteiger partial charge in [0.05, 0.1) is 6.61 Å². The van der Waals surface area contributed by atoms with Crippen molar-refractivity contribution in [2.45, 2.75) is 26.3 Å². The monoisotopic (exact) mass is 278 g/mol. The average Bonchev–Trinajstić information content (AvgIpc) is 2.91. The van der Waals surface area contributed by atoms with Crippen molar-refractivity contribution in [2.75, 3.05) is 26.2 Å². The Kier molecular flexibility index (Phi) is 5.26. The Hall–Kier alpha value is -1.26. The van der Waals surface area contributed by atoms with Crippen LogP contribution in [0.25, 0.3) is 0 Å². The van der Waals surface area contributed by atoms with Crippen LogP contribution in [0.15, 0.2) is 24.3 Å². The van der Waals surface area contributed by atoms with Crippen LogP contribution in [0.1, 0.15) is 20.3 Å². The molecule has 0 spiro atoms. The molecule has 3 N–H and O–H groups in total. The number of hydrogen-bond acceptors (Lipinski definition) is 4. The third-order valence-corrected chi connectivity index (χ3v) is 4.26. The number of phenols is 1. The molecule has 0 aliphatic carbocycles. The summed E-state index contributed by atoms with van der Waals surface area (Å²) in [6, 6.07) is 7.47. The number of ether oxygens (including phenoxy) is 1. The van der Waals surface area contributed by atoms with Gasteiger partial charge in [0.2, 0.25) is 0 Å². The van der Waals surface area contributed by atoms with Gasteiger partial charge in [-0.15, -0.1) is 0 Å². The van der Waals surface area contributed by atoms with Crippen molar-refractivity contribution in [1.29, 1.82) is 0 Å². The molecule has 0 aromatic heterocycles. The first-order chi connectivity index (χ1) is 9.60. The Morgan fingerprint density at radius 2 is 2.05 bits per heavy atom. The summed E-state index contributed by atoms with van der Waals surface area (Å²) in [5.74, 6) is 2.07. The molecule has 0 saturated carbocycles. The Bertz CT molecular complexity index is 405. The highest BCUT2D eigenvalue weighted by atomic mass is 16.5. The van der Waals surface area contributed by atoms with Gasteiger partial charge in [-0.05, 0) is 63.5 Å². The first-order valence-corrected chi connectivity index (χ1v) is 7.46. The maximum atomic E-state index is 9.25. The number of rotatable bonds is 6. The van der Waals surface area contributed by atoms with Gasteiger partial charge in [0.1, 0.15) is 11.5 Å². The summed E-state index contributed by atoms with van der Waals surface area (Å²) in [6.07, 6.45) is 1.21. The van der Waals surface area contributed by atoms with E-state index in [0.717, 1.165) is 18.8 Å². The van der Waals surface area contributed by atoms with Gasteiger partial charge in [-0.25, -0.2) is 0 Å². The van der Waals surface area contributed by atoms with E-state index in [4.69, 9.17) is 10.5 Å². The summed E-state index contributed by atoms with van der Waals surface area (Å²) in [4.78, 5) is 2.51. The predicted octanol–water partition coefficient (Wildman–Crippen LogP) is 2.08. The number of aromatic hydroxyl groups is 1. The minimum Gasteiger partial charge on any atom is -0.508 e. The van der Waals surface area contributed by atoms with Gasteiger partial charge in [-0.3, -0.25) is 0 Å². The van der Waals surface area contributed by atoms with Gasteiger partial charge in [-0.2, -0.15) is 0 Å². The Balaban J connectivity index is 1.85. The number of benzene rings is 1. The molecule has 4 heteroatoms. The lowest BCUT2D eigenvalue weighted by molar-refractivity contribution is 0.188. The van der Waals surface area contributed by atoms with Gasteiger partial charge in [0.15, 0.2) is 0 Å². The summed E-state index contributed by atoms with van der Waals surface area (Å²) < 4.78 is 5.81. The average molecular weight is 278 g/mol. The minimum absolute atomic E-state index is 0.260. The van der Waals surface area contributed by atoms with E-state index in [-0.39, 0.29) is 5.75 Å². The van der Waals surface area contributed by atoms with Gasteiger partial charge in [-0.1, -0.05) is 0 Å². The van der Waals surface area contributed by atoms with E-state index >= 15 is 0 Å². The van der Waals surface area contributed by atoms with Crippen molar-refractivity contribution in [2.24, 2.45) is 17.6 Å². The van der Waals surface area contributed by atoms with Crippen LogP contribution in [0.4, 0.5) is 0 Å². The molecule has 112 valence electrons. The first-order valence-electron chi connectivity index (χ1n) is 7.46. The molecule has 0 bridgehead atoms. The summed E-state index contributed by atoms with van der Waals surface area (Å²) in [5, 5.41) is 9.25. The highest BCUT2D eigenvalue weighted by Crippen LogP contribution is 2.26. The molecule has 20 heavy (non-hydrogen) atoms. The number of likely N-dealkylation sites (tertiary alicyclic amines) is 1. The molecule has 4 nitrogen and oxygen atoms in total. The quantitative estimate of drug-likeness (QED) is 0.836. The number of phenolic OH excluding ortho intramolecular Hbond substituents is 1. The lowest BCUT2D eigenvalue weighted by Gasteiger charge is -2.24. The van der Waals surface area contributed by atoms with Crippen LogP contribution in [0.2, 0.25) is 0 Å². The zero-order valence-electron chi connectivity index (χ0n) is 12.5. The smallest absolute Gasteiger partial charge is 0.119 e. The van der Waals surface area contributed by atoms with E-state index in [2.05, 4.69) is 18.7 Å². The van der Waals surface area contributed by atoms with Gasteiger partial charge in [0, 0.05) is 18.5 Å². The molecule has 1 heterocycles. The third-order valence-electron chi connectivity index (χ3n) is 4.26. The predicted molar refractivity (Wildman–Crippen MR) is 81.0 cm³/mol. The van der Waals surface area contributed by atoms with Crippen LogP contribution in [0, 0.1) is 11.8 Å². The fourth-order valence-corrected chi connectivity index (χ4v) is 2.81. The number of nitrogens with two attached hydrogens (primary N) is 1. The van der Waals surface area contributed by atoms with Crippen LogP contribution in [0.3, 0.4) is 0 Å². The van der Waals surface area contributed by atoms with E-state index in [1.165, 1.54) is 6.42 Å². The van der Waals surface area contributed by atoms with Crippen LogP contribution in [0.5, 0.6) is 11.5 Å². The summed E-state index contributed by atoms with van der Waals surface area (Å²) >= 11 is 0. The van der Waals surface area contributed by atoms with Crippen molar-refractivity contribution in [3.8, 4) is 11.5 Å². The van der Waals surface area contributed by atoms with Crippen LogP contribution in [-0.4, -0.2) is 42.3 Å². The van der Waals surface area contributed by atoms with Crippen LogP contribution >= 0.6 is 0 Å². The lowest BCUT2D eigenvalue weighted by atomic mass is 9.92. The van der Waals surface area contributed by atoms with Crippen LogP contribution in [-0.2, 0) is 0 Å². The van der Waals surface area contributed by atoms with Crippen molar-refractivity contribution >= 4 is 0 Å². The standard InChI is InChI=1S/C16H26N2O2/c1-12(2)18-8-7-13(10-18)14(9-17)11-20-16-5-3-15(19)4-6-16/h3-6,12-14,19H,7-11,17H2,1-2H3. The van der Waals surface area contributed by atoms with Crippen molar-refractivity contribution < 1.29 is 9.84 Å². The summed E-state index contributed by atoms with van der Waals surface area (Å²) in [5.41, 5.74) is 5.92. The Morgan fingerprint density at radius 3 is 2.60 bits per heavy atom. The molecule has 1 aliphatic heterocycles. The molecular weight excluding hydrogens is 252 g/mol. The topological polar surface area (TPSA) is 58.7 Å². The molecule has 0 radical (unpaired) electrons. The fraction of sp³-hybridized carbons (Fsp3) is 0.625. The normalized spacial score (nSPS) is 21.3. The summed E-state index contributed by atoms with van der Waals surface area (Å²) in [6.45, 7) is 8.09. The number of hydrogen-bond donors (Lipinski definition) is 2. The SMILES string of the molecule is CC(C)N1CCC(C(CN)COc2ccc(O)cc2)C1. The molecular formula is C16H26N2O2. The molecule has 1 aliphatic rings. The molecule has 2 rings (SSSR count). The summed E-state index contributed by atoms with van der Waals surface area (Å²) in [7, 11) is 0. The van der Waals surface area contributed by atoms with E-state index in [1.54, 1.807) is 24.3 Å². The van der Waals surface area contributed by atoms with Crippen molar-refractivity contribution in [1.82, 2.24) is 4.90 Å². The van der Waals surface area contributed by atoms with Gasteiger partial charge >= 0.3 is 0 Å². The largest absolute Gasteiger partial charge is 0.508 e. The van der Waals surface area contributed by atoms with Gasteiger partial charge in [0.25, 0.3) is 0 Å². The molecule has 1 saturated heterocycles. The van der Waals surface area contributed by atoms with E-state index in [1.807, 2.05) is 0 Å². The molecule has 2 atom stereocenters. The zero-order chi connectivity index (χ0) is 14.5. The zero-order valence-corrected chi connectivity index (χ0v) is 12.5. The van der Waals surface area contributed by atoms with Crippen molar-refractivity contribution in [3.63, 3.8) is 0 Å². The number of nitrogens with zero attached hydrogens (tertiary/aromatic N) is 1. The van der Waals surface area contributed by atoms with E-state index in [0.29, 0.717) is 31.0 Å². The highest BCUT2D eigenvalue weighted by molar-refractivity contribution is 5.30. The second-order valence-corrected chi connectivity index (χ2v) is 5.94. The Labute approximate surface area is 121 Å². The Morgan fingerprint density at radius 1 is 1.35 bits per heavy atom. The molecule has 1 aromatic rings. The molecule has 2 unspecified atom stereocenters. The van der Waals surface area contributed by atoms with Crippen molar-refractivity contribution in [3.05, 3.63) is 24.3 Å². The van der Waals surface area contributed by atoms with E-state index in [9.17, 15) is 5.11 Å². The minimum atomic E-state index is 0.260. The third kappa shape index (κ3) is 3.87. The first kappa shape index (κ1) is 15.1. The highest BCUT2D eigenvalue weighted by Gasteiger charge is 2.30. The van der Waals surface area contributed by atoms with Crippen LogP contribution < -0.4 is 10.5 Å².